The van der Waals surface area contributed by atoms with Crippen molar-refractivity contribution in [1.29, 1.82) is 0 Å². The largest absolute Gasteiger partial charge is 0.264 e. The fourth-order valence-electron chi connectivity index (χ4n) is 2.87. The molecule has 3 heterocycles. The van der Waals surface area contributed by atoms with Crippen LogP contribution in [0.15, 0.2) is 75.7 Å². The van der Waals surface area contributed by atoms with Gasteiger partial charge in [-0.05, 0) is 43.5 Å². The Bertz CT molecular complexity index is 1220. The molecular weight excluding hydrogens is 380 g/mol. The van der Waals surface area contributed by atoms with Crippen molar-refractivity contribution in [3.8, 4) is 11.3 Å². The maximum Gasteiger partial charge on any atom is 0.213 e. The van der Waals surface area contributed by atoms with Crippen LogP contribution in [0.1, 0.15) is 5.69 Å². The summed E-state index contributed by atoms with van der Waals surface area (Å²) in [6, 6.07) is 14.0. The van der Waals surface area contributed by atoms with Gasteiger partial charge >= 0.3 is 0 Å². The molecule has 0 aliphatic carbocycles. The van der Waals surface area contributed by atoms with Crippen LogP contribution < -0.4 is 0 Å². The molecule has 0 saturated carbocycles. The number of fused-ring (bicyclic) bond motifs is 1. The summed E-state index contributed by atoms with van der Waals surface area (Å²) >= 11 is 1.29. The zero-order valence-electron chi connectivity index (χ0n) is 14.7. The molecule has 0 spiro atoms. The van der Waals surface area contributed by atoms with Crippen LogP contribution in [0.2, 0.25) is 0 Å². The van der Waals surface area contributed by atoms with Crippen LogP contribution in [0.25, 0.3) is 16.9 Å². The standard InChI is InChI=1S/C19H16N4O2S2/c1-13-11-16(14-7-6-10-20-12-14)21-18-17(19(26-2)22-23(13)18)27(24,25)15-8-4-3-5-9-15/h3-12H,1-2H3. The number of hydrogen-bond acceptors (Lipinski definition) is 6. The van der Waals surface area contributed by atoms with Gasteiger partial charge in [0.15, 0.2) is 10.5 Å². The van der Waals surface area contributed by atoms with Gasteiger partial charge in [-0.3, -0.25) is 4.98 Å². The molecule has 4 rings (SSSR count). The molecule has 0 amide bonds. The van der Waals surface area contributed by atoms with E-state index in [1.807, 2.05) is 31.4 Å². The van der Waals surface area contributed by atoms with Gasteiger partial charge in [0.05, 0.1) is 10.6 Å². The van der Waals surface area contributed by atoms with E-state index in [1.165, 1.54) is 11.8 Å². The third-order valence-corrected chi connectivity index (χ3v) is 6.78. The van der Waals surface area contributed by atoms with E-state index in [2.05, 4.69) is 15.1 Å². The number of benzene rings is 1. The quantitative estimate of drug-likeness (QED) is 0.490. The molecule has 6 nitrogen and oxygen atoms in total. The van der Waals surface area contributed by atoms with Gasteiger partial charge in [-0.25, -0.2) is 17.9 Å². The molecule has 0 radical (unpaired) electrons. The fourth-order valence-corrected chi connectivity index (χ4v) is 5.29. The average molecular weight is 396 g/mol. The SMILES string of the molecule is CSc1nn2c(C)cc(-c3cccnc3)nc2c1S(=O)(=O)c1ccccc1. The zero-order valence-corrected chi connectivity index (χ0v) is 16.3. The molecule has 8 heteroatoms. The molecule has 0 saturated heterocycles. The summed E-state index contributed by atoms with van der Waals surface area (Å²) in [5.74, 6) is 0. The summed E-state index contributed by atoms with van der Waals surface area (Å²) in [6.45, 7) is 1.88. The van der Waals surface area contributed by atoms with Gasteiger partial charge in [0, 0.05) is 23.7 Å². The Morgan fingerprint density at radius 2 is 1.85 bits per heavy atom. The summed E-state index contributed by atoms with van der Waals surface area (Å²) in [7, 11) is -3.76. The molecule has 1 aromatic carbocycles. The normalized spacial score (nSPS) is 11.8. The molecule has 4 aromatic rings. The first kappa shape index (κ1) is 17.7. The molecule has 136 valence electrons. The number of thioether (sulfide) groups is 1. The lowest BCUT2D eigenvalue weighted by atomic mass is 10.2. The molecule has 0 aliphatic rings. The van der Waals surface area contributed by atoms with E-state index in [1.54, 1.807) is 47.2 Å². The summed E-state index contributed by atoms with van der Waals surface area (Å²) in [4.78, 5) is 9.12. The number of rotatable bonds is 4. The Morgan fingerprint density at radius 3 is 2.52 bits per heavy atom. The van der Waals surface area contributed by atoms with E-state index in [9.17, 15) is 8.42 Å². The lowest BCUT2D eigenvalue weighted by Crippen LogP contribution is -2.04. The molecule has 3 aromatic heterocycles. The van der Waals surface area contributed by atoms with Gasteiger partial charge in [-0.2, -0.15) is 5.10 Å². The van der Waals surface area contributed by atoms with E-state index in [4.69, 9.17) is 0 Å². The Labute approximate surface area is 161 Å². The first-order valence-electron chi connectivity index (χ1n) is 8.17. The van der Waals surface area contributed by atoms with E-state index in [0.29, 0.717) is 16.4 Å². The van der Waals surface area contributed by atoms with Gasteiger partial charge in [0.2, 0.25) is 9.84 Å². The van der Waals surface area contributed by atoms with Crippen molar-refractivity contribution in [2.24, 2.45) is 0 Å². The van der Waals surface area contributed by atoms with Crippen LogP contribution >= 0.6 is 11.8 Å². The van der Waals surface area contributed by atoms with Crippen LogP contribution in [0.4, 0.5) is 0 Å². The second-order valence-electron chi connectivity index (χ2n) is 5.91. The molecule has 0 atom stereocenters. The first-order chi connectivity index (χ1) is 13.0. The van der Waals surface area contributed by atoms with E-state index >= 15 is 0 Å². The number of nitrogens with zero attached hydrogens (tertiary/aromatic N) is 4. The number of pyridine rings is 1. The summed E-state index contributed by atoms with van der Waals surface area (Å²) < 4.78 is 28.2. The number of sulfone groups is 1. The first-order valence-corrected chi connectivity index (χ1v) is 10.9. The molecule has 0 unspecified atom stereocenters. The van der Waals surface area contributed by atoms with Crippen molar-refractivity contribution in [2.45, 2.75) is 21.7 Å². The maximum absolute atomic E-state index is 13.3. The fraction of sp³-hybridized carbons (Fsp3) is 0.105. The van der Waals surface area contributed by atoms with Crippen molar-refractivity contribution in [3.63, 3.8) is 0 Å². The maximum atomic E-state index is 13.3. The predicted octanol–water partition coefficient (Wildman–Crippen LogP) is 3.65. The van der Waals surface area contributed by atoms with Gasteiger partial charge in [0.25, 0.3) is 0 Å². The van der Waals surface area contributed by atoms with Gasteiger partial charge in [0.1, 0.15) is 5.03 Å². The molecule has 27 heavy (non-hydrogen) atoms. The lowest BCUT2D eigenvalue weighted by Gasteiger charge is -2.07. The highest BCUT2D eigenvalue weighted by atomic mass is 32.2. The second kappa shape index (κ2) is 6.79. The van der Waals surface area contributed by atoms with Gasteiger partial charge in [-0.15, -0.1) is 11.8 Å². The molecular formula is C19H16N4O2S2. The number of hydrogen-bond donors (Lipinski definition) is 0. The molecule has 0 N–H and O–H groups in total. The highest BCUT2D eigenvalue weighted by Gasteiger charge is 2.29. The molecule has 0 bridgehead atoms. The Balaban J connectivity index is 2.04. The smallest absolute Gasteiger partial charge is 0.213 e. The summed E-state index contributed by atoms with van der Waals surface area (Å²) in [6.07, 6.45) is 5.20. The third kappa shape index (κ3) is 3.00. The van der Waals surface area contributed by atoms with Crippen molar-refractivity contribution in [1.82, 2.24) is 19.6 Å². The van der Waals surface area contributed by atoms with Crippen molar-refractivity contribution in [2.75, 3.05) is 6.26 Å². The highest BCUT2D eigenvalue weighted by Crippen LogP contribution is 2.33. The summed E-state index contributed by atoms with van der Waals surface area (Å²) in [5, 5.41) is 4.91. The van der Waals surface area contributed by atoms with Crippen molar-refractivity contribution in [3.05, 3.63) is 66.6 Å². The van der Waals surface area contributed by atoms with E-state index in [-0.39, 0.29) is 9.79 Å². The van der Waals surface area contributed by atoms with Crippen molar-refractivity contribution >= 4 is 27.2 Å². The minimum Gasteiger partial charge on any atom is -0.264 e. The van der Waals surface area contributed by atoms with Crippen molar-refractivity contribution < 1.29 is 8.42 Å². The van der Waals surface area contributed by atoms with Crippen LogP contribution in [0.3, 0.4) is 0 Å². The van der Waals surface area contributed by atoms with Gasteiger partial charge in [-0.1, -0.05) is 18.2 Å². The lowest BCUT2D eigenvalue weighted by molar-refractivity contribution is 0.594. The highest BCUT2D eigenvalue weighted by molar-refractivity contribution is 7.99. The van der Waals surface area contributed by atoms with Crippen LogP contribution in [-0.4, -0.2) is 34.3 Å². The molecule has 0 aliphatic heterocycles. The molecule has 0 fully saturated rings. The van der Waals surface area contributed by atoms with E-state index < -0.39 is 9.84 Å². The van der Waals surface area contributed by atoms with Crippen LogP contribution in [0, 0.1) is 6.92 Å². The minimum atomic E-state index is -3.76. The van der Waals surface area contributed by atoms with Crippen LogP contribution in [-0.2, 0) is 9.84 Å². The summed E-state index contributed by atoms with van der Waals surface area (Å²) in [5.41, 5.74) is 2.59. The Kier molecular flexibility index (Phi) is 4.45. The topological polar surface area (TPSA) is 77.2 Å². The van der Waals surface area contributed by atoms with Crippen LogP contribution in [0.5, 0.6) is 0 Å². The monoisotopic (exact) mass is 396 g/mol. The van der Waals surface area contributed by atoms with Gasteiger partial charge < -0.3 is 0 Å². The number of aromatic nitrogens is 4. The minimum absolute atomic E-state index is 0.134. The Morgan fingerprint density at radius 1 is 1.07 bits per heavy atom. The number of aryl methyl sites for hydroxylation is 1. The second-order valence-corrected chi connectivity index (χ2v) is 8.60. The third-order valence-electron chi connectivity index (χ3n) is 4.17. The zero-order chi connectivity index (χ0) is 19.0. The Hall–Kier alpha value is -2.71. The average Bonchev–Trinajstić information content (AvgIpc) is 3.09. The van der Waals surface area contributed by atoms with E-state index in [0.717, 1.165) is 11.3 Å². The predicted molar refractivity (Wildman–Crippen MR) is 105 cm³/mol.